The molecule has 0 atom stereocenters. The molecule has 0 unspecified atom stereocenters. The standard InChI is InChI=1S/C10H20O3Si/c1-6-7-14(4,5)13-8-12-10(11)9(2)3/h2,6-8H2,1,3-5H3. The molecule has 0 rings (SSSR count). The summed E-state index contributed by atoms with van der Waals surface area (Å²) in [5.74, 6) is -0.383. The molecular weight excluding hydrogens is 196 g/mol. The Morgan fingerprint density at radius 3 is 2.43 bits per heavy atom. The molecule has 0 saturated heterocycles. The summed E-state index contributed by atoms with van der Waals surface area (Å²) in [4.78, 5) is 11.0. The maximum absolute atomic E-state index is 11.0. The minimum absolute atomic E-state index is 0.0604. The van der Waals surface area contributed by atoms with Crippen molar-refractivity contribution in [1.29, 1.82) is 0 Å². The first-order chi connectivity index (χ1) is 6.39. The fraction of sp³-hybridized carbons (Fsp3) is 0.700. The van der Waals surface area contributed by atoms with Gasteiger partial charge in [-0.2, -0.15) is 0 Å². The Morgan fingerprint density at radius 1 is 1.43 bits per heavy atom. The smallest absolute Gasteiger partial charge is 0.335 e. The van der Waals surface area contributed by atoms with Crippen LogP contribution in [0, 0.1) is 0 Å². The predicted octanol–water partition coefficient (Wildman–Crippen LogP) is 2.69. The van der Waals surface area contributed by atoms with Crippen LogP contribution < -0.4 is 0 Å². The molecule has 0 bridgehead atoms. The normalized spacial score (nSPS) is 11.1. The van der Waals surface area contributed by atoms with Crippen LogP contribution in [0.2, 0.25) is 19.1 Å². The molecule has 0 saturated carbocycles. The number of carbonyl (C=O) groups is 1. The third-order valence-corrected chi connectivity index (χ3v) is 4.44. The van der Waals surface area contributed by atoms with Crippen molar-refractivity contribution in [1.82, 2.24) is 0 Å². The summed E-state index contributed by atoms with van der Waals surface area (Å²) in [6.45, 7) is 11.5. The van der Waals surface area contributed by atoms with Crippen LogP contribution in [0.3, 0.4) is 0 Å². The van der Waals surface area contributed by atoms with Crippen molar-refractivity contribution in [2.24, 2.45) is 0 Å². The van der Waals surface area contributed by atoms with E-state index in [1.807, 2.05) is 0 Å². The number of carbonyl (C=O) groups excluding carboxylic acids is 1. The highest BCUT2D eigenvalue weighted by Gasteiger charge is 2.21. The number of rotatable bonds is 6. The van der Waals surface area contributed by atoms with Crippen molar-refractivity contribution in [3.63, 3.8) is 0 Å². The van der Waals surface area contributed by atoms with Crippen molar-refractivity contribution in [2.45, 2.75) is 39.4 Å². The highest BCUT2D eigenvalue weighted by Crippen LogP contribution is 2.13. The molecule has 0 aliphatic carbocycles. The lowest BCUT2D eigenvalue weighted by atomic mass is 10.4. The van der Waals surface area contributed by atoms with Crippen LogP contribution in [-0.4, -0.2) is 21.1 Å². The van der Waals surface area contributed by atoms with Gasteiger partial charge in [0.25, 0.3) is 0 Å². The monoisotopic (exact) mass is 216 g/mol. The van der Waals surface area contributed by atoms with Gasteiger partial charge in [-0.15, -0.1) is 0 Å². The molecule has 3 nitrogen and oxygen atoms in total. The van der Waals surface area contributed by atoms with Gasteiger partial charge in [0, 0.05) is 5.57 Å². The van der Waals surface area contributed by atoms with E-state index >= 15 is 0 Å². The second-order valence-electron chi connectivity index (χ2n) is 3.98. The van der Waals surface area contributed by atoms with E-state index in [9.17, 15) is 4.79 Å². The second-order valence-corrected chi connectivity index (χ2v) is 8.29. The molecule has 0 N–H and O–H groups in total. The Balaban J connectivity index is 3.73. The Labute approximate surface area is 87.2 Å². The molecule has 82 valence electrons. The van der Waals surface area contributed by atoms with E-state index in [0.29, 0.717) is 5.57 Å². The molecule has 0 aromatic carbocycles. The minimum Gasteiger partial charge on any atom is -0.436 e. The molecule has 0 radical (unpaired) electrons. The van der Waals surface area contributed by atoms with Gasteiger partial charge < -0.3 is 9.16 Å². The molecule has 4 heteroatoms. The van der Waals surface area contributed by atoms with E-state index in [2.05, 4.69) is 26.6 Å². The van der Waals surface area contributed by atoms with E-state index < -0.39 is 8.32 Å². The number of hydrogen-bond acceptors (Lipinski definition) is 3. The maximum Gasteiger partial charge on any atom is 0.335 e. The highest BCUT2D eigenvalue weighted by atomic mass is 28.4. The van der Waals surface area contributed by atoms with Crippen LogP contribution in [-0.2, 0) is 14.0 Å². The van der Waals surface area contributed by atoms with Gasteiger partial charge in [-0.05, 0) is 26.1 Å². The summed E-state index contributed by atoms with van der Waals surface area (Å²) in [5, 5.41) is 0. The molecular formula is C10H20O3Si. The number of hydrogen-bond donors (Lipinski definition) is 0. The topological polar surface area (TPSA) is 35.5 Å². The fourth-order valence-corrected chi connectivity index (χ4v) is 2.77. The Morgan fingerprint density at radius 2 is 2.00 bits per heavy atom. The van der Waals surface area contributed by atoms with E-state index in [-0.39, 0.29) is 12.8 Å². The Kier molecular flexibility index (Phi) is 5.72. The van der Waals surface area contributed by atoms with Crippen molar-refractivity contribution >= 4 is 14.3 Å². The van der Waals surface area contributed by atoms with E-state index in [1.165, 1.54) is 0 Å². The van der Waals surface area contributed by atoms with Crippen molar-refractivity contribution in [2.75, 3.05) is 6.79 Å². The van der Waals surface area contributed by atoms with E-state index in [0.717, 1.165) is 12.5 Å². The van der Waals surface area contributed by atoms with Gasteiger partial charge in [0.05, 0.1) is 0 Å². The highest BCUT2D eigenvalue weighted by molar-refractivity contribution is 6.71. The first-order valence-electron chi connectivity index (χ1n) is 4.85. The third kappa shape index (κ3) is 5.94. The zero-order valence-corrected chi connectivity index (χ0v) is 10.6. The van der Waals surface area contributed by atoms with Crippen LogP contribution in [0.4, 0.5) is 0 Å². The number of esters is 1. The maximum atomic E-state index is 11.0. The van der Waals surface area contributed by atoms with Crippen molar-refractivity contribution in [3.8, 4) is 0 Å². The third-order valence-electron chi connectivity index (χ3n) is 1.84. The lowest BCUT2D eigenvalue weighted by Crippen LogP contribution is -2.31. The molecule has 0 spiro atoms. The Hall–Kier alpha value is -0.613. The predicted molar refractivity (Wildman–Crippen MR) is 59.4 cm³/mol. The average molecular weight is 216 g/mol. The quantitative estimate of drug-likeness (QED) is 0.296. The molecule has 0 aliphatic heterocycles. The summed E-state index contributed by atoms with van der Waals surface area (Å²) >= 11 is 0. The molecule has 0 aromatic rings. The van der Waals surface area contributed by atoms with Gasteiger partial charge in [-0.1, -0.05) is 19.9 Å². The number of ether oxygens (including phenoxy) is 1. The molecule has 0 aliphatic rings. The SMILES string of the molecule is C=C(C)C(=O)OCO[Si](C)(C)CCC. The Bertz CT molecular complexity index is 211. The average Bonchev–Trinajstić information content (AvgIpc) is 2.03. The zero-order chi connectivity index (χ0) is 11.2. The lowest BCUT2D eigenvalue weighted by Gasteiger charge is -2.21. The van der Waals surface area contributed by atoms with Gasteiger partial charge in [0.1, 0.15) is 0 Å². The van der Waals surface area contributed by atoms with E-state index in [4.69, 9.17) is 9.16 Å². The zero-order valence-electron chi connectivity index (χ0n) is 9.55. The molecule has 0 aromatic heterocycles. The van der Waals surface area contributed by atoms with E-state index in [1.54, 1.807) is 6.92 Å². The second kappa shape index (κ2) is 5.98. The first kappa shape index (κ1) is 13.4. The van der Waals surface area contributed by atoms with Crippen LogP contribution in [0.25, 0.3) is 0 Å². The van der Waals surface area contributed by atoms with Crippen LogP contribution in [0.15, 0.2) is 12.2 Å². The summed E-state index contributed by atoms with van der Waals surface area (Å²) in [7, 11) is -1.61. The molecule has 0 amide bonds. The summed E-state index contributed by atoms with van der Waals surface area (Å²) in [6, 6.07) is 1.08. The molecule has 0 fully saturated rings. The molecule has 14 heavy (non-hydrogen) atoms. The lowest BCUT2D eigenvalue weighted by molar-refractivity contribution is -0.145. The summed E-state index contributed by atoms with van der Waals surface area (Å²) in [6.07, 6.45) is 1.10. The first-order valence-corrected chi connectivity index (χ1v) is 7.97. The van der Waals surface area contributed by atoms with Gasteiger partial charge >= 0.3 is 5.97 Å². The van der Waals surface area contributed by atoms with Crippen molar-refractivity contribution in [3.05, 3.63) is 12.2 Å². The minimum atomic E-state index is -1.61. The van der Waals surface area contributed by atoms with Gasteiger partial charge in [-0.3, -0.25) is 0 Å². The van der Waals surface area contributed by atoms with Gasteiger partial charge in [0.2, 0.25) is 0 Å². The van der Waals surface area contributed by atoms with Gasteiger partial charge in [-0.25, -0.2) is 4.79 Å². The largest absolute Gasteiger partial charge is 0.436 e. The van der Waals surface area contributed by atoms with Crippen LogP contribution >= 0.6 is 0 Å². The molecule has 0 heterocycles. The summed E-state index contributed by atoms with van der Waals surface area (Å²) in [5.41, 5.74) is 0.406. The summed E-state index contributed by atoms with van der Waals surface area (Å²) < 4.78 is 10.4. The fourth-order valence-electron chi connectivity index (χ4n) is 1.04. The van der Waals surface area contributed by atoms with Gasteiger partial charge in [0.15, 0.2) is 15.1 Å². The van der Waals surface area contributed by atoms with Crippen LogP contribution in [0.5, 0.6) is 0 Å². The van der Waals surface area contributed by atoms with Crippen molar-refractivity contribution < 1.29 is 14.0 Å². The van der Waals surface area contributed by atoms with Crippen LogP contribution in [0.1, 0.15) is 20.3 Å².